The fraction of sp³-hybridized carbons (Fsp3) is 0.267. The smallest absolute Gasteiger partial charge is 0.253 e. The average molecular weight is 302 g/mol. The zero-order valence-corrected chi connectivity index (χ0v) is 12.3. The fourth-order valence-electron chi connectivity index (χ4n) is 2.44. The number of imide groups is 1. The SMILES string of the molecule is Cc1cc2cccc(C(=O)NC3CCC(=O)NC3=O)c2s1. The minimum atomic E-state index is -0.647. The second kappa shape index (κ2) is 5.29. The van der Waals surface area contributed by atoms with Crippen molar-refractivity contribution in [3.63, 3.8) is 0 Å². The van der Waals surface area contributed by atoms with Crippen LogP contribution in [-0.2, 0) is 9.59 Å². The van der Waals surface area contributed by atoms with Crippen molar-refractivity contribution < 1.29 is 14.4 Å². The maximum atomic E-state index is 12.4. The summed E-state index contributed by atoms with van der Waals surface area (Å²) in [6.45, 7) is 1.99. The predicted octanol–water partition coefficient (Wildman–Crippen LogP) is 1.74. The van der Waals surface area contributed by atoms with Crippen molar-refractivity contribution >= 4 is 39.1 Å². The molecule has 6 heteroatoms. The van der Waals surface area contributed by atoms with Gasteiger partial charge < -0.3 is 5.32 Å². The minimum absolute atomic E-state index is 0.249. The van der Waals surface area contributed by atoms with Crippen LogP contribution in [0, 0.1) is 6.92 Å². The Morgan fingerprint density at radius 2 is 2.19 bits per heavy atom. The van der Waals surface area contributed by atoms with Gasteiger partial charge in [-0.15, -0.1) is 11.3 Å². The Labute approximate surface area is 125 Å². The summed E-state index contributed by atoms with van der Waals surface area (Å²) in [5, 5.41) is 5.97. The predicted molar refractivity (Wildman–Crippen MR) is 80.2 cm³/mol. The molecule has 1 aromatic carbocycles. The van der Waals surface area contributed by atoms with Gasteiger partial charge in [-0.25, -0.2) is 0 Å². The van der Waals surface area contributed by atoms with E-state index >= 15 is 0 Å². The molecule has 0 bridgehead atoms. The number of hydrogen-bond donors (Lipinski definition) is 2. The van der Waals surface area contributed by atoms with Crippen LogP contribution in [0.5, 0.6) is 0 Å². The molecule has 1 unspecified atom stereocenters. The third kappa shape index (κ3) is 2.67. The molecule has 0 spiro atoms. The van der Waals surface area contributed by atoms with Crippen molar-refractivity contribution in [1.29, 1.82) is 0 Å². The number of aryl methyl sites for hydroxylation is 1. The minimum Gasteiger partial charge on any atom is -0.340 e. The van der Waals surface area contributed by atoms with Crippen LogP contribution in [0.25, 0.3) is 10.1 Å². The fourth-order valence-corrected chi connectivity index (χ4v) is 3.46. The van der Waals surface area contributed by atoms with Crippen molar-refractivity contribution in [1.82, 2.24) is 10.6 Å². The van der Waals surface area contributed by atoms with Crippen molar-refractivity contribution in [3.8, 4) is 0 Å². The van der Waals surface area contributed by atoms with Gasteiger partial charge in [-0.05, 0) is 30.9 Å². The number of amides is 3. The molecule has 1 atom stereocenters. The summed E-state index contributed by atoms with van der Waals surface area (Å²) < 4.78 is 0.916. The van der Waals surface area contributed by atoms with E-state index in [0.29, 0.717) is 12.0 Å². The lowest BCUT2D eigenvalue weighted by Gasteiger charge is -2.21. The highest BCUT2D eigenvalue weighted by atomic mass is 32.1. The summed E-state index contributed by atoms with van der Waals surface area (Å²) >= 11 is 1.55. The maximum Gasteiger partial charge on any atom is 0.253 e. The van der Waals surface area contributed by atoms with Crippen LogP contribution in [0.4, 0.5) is 0 Å². The van der Waals surface area contributed by atoms with Crippen LogP contribution in [0.1, 0.15) is 28.1 Å². The third-order valence-corrected chi connectivity index (χ3v) is 4.56. The molecule has 5 nitrogen and oxygen atoms in total. The standard InChI is InChI=1S/C15H14N2O3S/c1-8-7-9-3-2-4-10(13(9)21-8)14(19)16-11-5-6-12(18)17-15(11)20/h2-4,7,11H,5-6H2,1H3,(H,16,19)(H,17,18,20). The summed E-state index contributed by atoms with van der Waals surface area (Å²) in [6, 6.07) is 6.92. The van der Waals surface area contributed by atoms with E-state index in [1.807, 2.05) is 25.1 Å². The molecule has 1 aliphatic rings. The van der Waals surface area contributed by atoms with Gasteiger partial charge in [0.05, 0.1) is 5.56 Å². The lowest BCUT2D eigenvalue weighted by molar-refractivity contribution is -0.134. The highest BCUT2D eigenvalue weighted by Crippen LogP contribution is 2.28. The molecule has 1 aromatic heterocycles. The molecule has 2 N–H and O–H groups in total. The number of carbonyl (C=O) groups excluding carboxylic acids is 3. The van der Waals surface area contributed by atoms with E-state index in [2.05, 4.69) is 10.6 Å². The lowest BCUT2D eigenvalue weighted by Crippen LogP contribution is -2.52. The van der Waals surface area contributed by atoms with Crippen LogP contribution >= 0.6 is 11.3 Å². The van der Waals surface area contributed by atoms with Crippen LogP contribution in [-0.4, -0.2) is 23.8 Å². The van der Waals surface area contributed by atoms with E-state index in [4.69, 9.17) is 0 Å². The van der Waals surface area contributed by atoms with Crippen molar-refractivity contribution in [2.24, 2.45) is 0 Å². The van der Waals surface area contributed by atoms with Crippen LogP contribution in [0.2, 0.25) is 0 Å². The van der Waals surface area contributed by atoms with Crippen molar-refractivity contribution in [3.05, 3.63) is 34.7 Å². The monoisotopic (exact) mass is 302 g/mol. The summed E-state index contributed by atoms with van der Waals surface area (Å²) in [6.07, 6.45) is 0.592. The molecule has 2 aromatic rings. The molecule has 1 fully saturated rings. The van der Waals surface area contributed by atoms with Gasteiger partial charge in [0.25, 0.3) is 5.91 Å². The van der Waals surface area contributed by atoms with Gasteiger partial charge in [-0.3, -0.25) is 19.7 Å². The molecule has 1 saturated heterocycles. The van der Waals surface area contributed by atoms with Crippen LogP contribution in [0.15, 0.2) is 24.3 Å². The molecule has 3 rings (SSSR count). The normalized spacial score (nSPS) is 18.6. The third-order valence-electron chi connectivity index (χ3n) is 3.46. The van der Waals surface area contributed by atoms with E-state index in [1.165, 1.54) is 0 Å². The molecule has 108 valence electrons. The number of fused-ring (bicyclic) bond motifs is 1. The van der Waals surface area contributed by atoms with E-state index < -0.39 is 11.9 Å². The second-order valence-electron chi connectivity index (χ2n) is 5.06. The Bertz CT molecular complexity index is 750. The molecule has 21 heavy (non-hydrogen) atoms. The topological polar surface area (TPSA) is 75.3 Å². The van der Waals surface area contributed by atoms with Gasteiger partial charge in [0, 0.05) is 16.0 Å². The van der Waals surface area contributed by atoms with Gasteiger partial charge in [0.15, 0.2) is 0 Å². The summed E-state index contributed by atoms with van der Waals surface area (Å²) in [7, 11) is 0. The largest absolute Gasteiger partial charge is 0.340 e. The molecule has 3 amide bonds. The first-order valence-electron chi connectivity index (χ1n) is 6.68. The molecular weight excluding hydrogens is 288 g/mol. The highest BCUT2D eigenvalue weighted by molar-refractivity contribution is 7.19. The molecule has 1 aliphatic heterocycles. The number of nitrogens with one attached hydrogen (secondary N) is 2. The Morgan fingerprint density at radius 3 is 2.95 bits per heavy atom. The van der Waals surface area contributed by atoms with Gasteiger partial charge in [0.2, 0.25) is 11.8 Å². The molecule has 2 heterocycles. The summed E-state index contributed by atoms with van der Waals surface area (Å²) in [5.74, 6) is -1.01. The summed E-state index contributed by atoms with van der Waals surface area (Å²) in [5.41, 5.74) is 0.565. The summed E-state index contributed by atoms with van der Waals surface area (Å²) in [4.78, 5) is 36.3. The number of benzene rings is 1. The van der Waals surface area contributed by atoms with Crippen LogP contribution in [0.3, 0.4) is 0 Å². The average Bonchev–Trinajstić information content (AvgIpc) is 2.81. The van der Waals surface area contributed by atoms with Gasteiger partial charge in [-0.2, -0.15) is 0 Å². The number of thiophene rings is 1. The number of carbonyl (C=O) groups is 3. The zero-order chi connectivity index (χ0) is 15.0. The first kappa shape index (κ1) is 13.8. The Hall–Kier alpha value is -2.21. The molecular formula is C15H14N2O3S. The number of piperidine rings is 1. The van der Waals surface area contributed by atoms with E-state index in [0.717, 1.165) is 15.0 Å². The van der Waals surface area contributed by atoms with E-state index in [-0.39, 0.29) is 18.2 Å². The zero-order valence-electron chi connectivity index (χ0n) is 11.4. The lowest BCUT2D eigenvalue weighted by atomic mass is 10.1. The molecule has 0 aliphatic carbocycles. The van der Waals surface area contributed by atoms with Crippen molar-refractivity contribution in [2.45, 2.75) is 25.8 Å². The second-order valence-corrected chi connectivity index (χ2v) is 6.31. The first-order valence-corrected chi connectivity index (χ1v) is 7.50. The first-order chi connectivity index (χ1) is 10.0. The Morgan fingerprint density at radius 1 is 1.38 bits per heavy atom. The van der Waals surface area contributed by atoms with E-state index in [9.17, 15) is 14.4 Å². The maximum absolute atomic E-state index is 12.4. The molecule has 0 radical (unpaired) electrons. The van der Waals surface area contributed by atoms with Gasteiger partial charge >= 0.3 is 0 Å². The number of hydrogen-bond acceptors (Lipinski definition) is 4. The van der Waals surface area contributed by atoms with Gasteiger partial charge in [-0.1, -0.05) is 12.1 Å². The van der Waals surface area contributed by atoms with Crippen molar-refractivity contribution in [2.75, 3.05) is 0 Å². The van der Waals surface area contributed by atoms with Gasteiger partial charge in [0.1, 0.15) is 6.04 Å². The number of rotatable bonds is 2. The Balaban J connectivity index is 1.84. The van der Waals surface area contributed by atoms with E-state index in [1.54, 1.807) is 17.4 Å². The molecule has 0 saturated carbocycles. The Kier molecular flexibility index (Phi) is 3.47. The quantitative estimate of drug-likeness (QED) is 0.830. The van der Waals surface area contributed by atoms with Crippen LogP contribution < -0.4 is 10.6 Å². The highest BCUT2D eigenvalue weighted by Gasteiger charge is 2.28.